The fourth-order valence-electron chi connectivity index (χ4n) is 2.88. The Hall–Kier alpha value is -3.00. The number of thiophene rings is 1. The van der Waals surface area contributed by atoms with Gasteiger partial charge in [-0.05, 0) is 40.9 Å². The van der Waals surface area contributed by atoms with Crippen molar-refractivity contribution in [3.05, 3.63) is 62.8 Å². The van der Waals surface area contributed by atoms with Crippen LogP contribution < -0.4 is 5.56 Å². The molecule has 0 aliphatic carbocycles. The summed E-state index contributed by atoms with van der Waals surface area (Å²) in [5.74, 6) is 0.607. The number of carbonyl (C=O) groups excluding carboxylic acids is 1. The van der Waals surface area contributed by atoms with E-state index in [0.717, 1.165) is 5.56 Å². The normalized spacial score (nSPS) is 11.3. The molecule has 0 aliphatic rings. The first-order valence-corrected chi connectivity index (χ1v) is 9.08. The second-order valence-electron chi connectivity index (χ2n) is 5.93. The predicted molar refractivity (Wildman–Crippen MR) is 98.2 cm³/mol. The molecular formula is C18H16N4O3S. The summed E-state index contributed by atoms with van der Waals surface area (Å²) >= 11 is 1.61. The first-order chi connectivity index (χ1) is 12.6. The molecule has 7 nitrogen and oxygen atoms in total. The first kappa shape index (κ1) is 16.5. The molecule has 0 spiro atoms. The number of ether oxygens (including phenoxy) is 1. The molecule has 3 aromatic heterocycles. The number of carbonyl (C=O) groups is 1. The van der Waals surface area contributed by atoms with E-state index in [9.17, 15) is 9.59 Å². The number of rotatable bonds is 5. The Morgan fingerprint density at radius 2 is 2.08 bits per heavy atom. The predicted octanol–water partition coefficient (Wildman–Crippen LogP) is 2.32. The smallest absolute Gasteiger partial charge is 0.306 e. The van der Waals surface area contributed by atoms with E-state index >= 15 is 0 Å². The van der Waals surface area contributed by atoms with Crippen molar-refractivity contribution in [2.75, 3.05) is 0 Å². The lowest BCUT2D eigenvalue weighted by atomic mass is 10.2. The minimum atomic E-state index is -0.290. The summed E-state index contributed by atoms with van der Waals surface area (Å²) in [5.41, 5.74) is 1.68. The molecule has 0 fully saturated rings. The van der Waals surface area contributed by atoms with Gasteiger partial charge in [-0.15, -0.1) is 10.2 Å². The van der Waals surface area contributed by atoms with Crippen LogP contribution in [0.4, 0.5) is 0 Å². The van der Waals surface area contributed by atoms with Crippen LogP contribution in [0.25, 0.3) is 16.7 Å². The highest BCUT2D eigenvalue weighted by molar-refractivity contribution is 7.07. The maximum Gasteiger partial charge on any atom is 0.306 e. The van der Waals surface area contributed by atoms with Gasteiger partial charge in [-0.3, -0.25) is 18.6 Å². The van der Waals surface area contributed by atoms with Crippen molar-refractivity contribution >= 4 is 34.0 Å². The first-order valence-electron chi connectivity index (χ1n) is 8.13. The summed E-state index contributed by atoms with van der Waals surface area (Å²) in [4.78, 5) is 24.4. The van der Waals surface area contributed by atoms with Gasteiger partial charge >= 0.3 is 5.97 Å². The third kappa shape index (κ3) is 2.88. The third-order valence-electron chi connectivity index (χ3n) is 4.25. The van der Waals surface area contributed by atoms with Gasteiger partial charge in [0.2, 0.25) is 5.78 Å². The number of hydrogen-bond donors (Lipinski definition) is 0. The van der Waals surface area contributed by atoms with E-state index < -0.39 is 0 Å². The van der Waals surface area contributed by atoms with E-state index in [1.54, 1.807) is 28.9 Å². The molecule has 4 aromatic rings. The SMILES string of the molecule is Cn1c(=O)c2ccccc2n2c(COC(=O)CCc3ccsc3)nnc12. The second-order valence-corrected chi connectivity index (χ2v) is 6.71. The lowest BCUT2D eigenvalue weighted by Crippen LogP contribution is -2.20. The van der Waals surface area contributed by atoms with Crippen LogP contribution in [0, 0.1) is 0 Å². The topological polar surface area (TPSA) is 78.5 Å². The number of para-hydroxylation sites is 1. The molecule has 3 heterocycles. The van der Waals surface area contributed by atoms with Gasteiger partial charge in [-0.1, -0.05) is 12.1 Å². The number of nitrogens with zero attached hydrogens (tertiary/aromatic N) is 4. The largest absolute Gasteiger partial charge is 0.457 e. The van der Waals surface area contributed by atoms with Gasteiger partial charge in [0.1, 0.15) is 0 Å². The van der Waals surface area contributed by atoms with Gasteiger partial charge in [0.15, 0.2) is 12.4 Å². The van der Waals surface area contributed by atoms with Crippen LogP contribution in [0.2, 0.25) is 0 Å². The molecule has 0 radical (unpaired) electrons. The summed E-state index contributed by atoms with van der Waals surface area (Å²) in [7, 11) is 1.65. The van der Waals surface area contributed by atoms with Gasteiger partial charge in [-0.25, -0.2) is 0 Å². The Kier molecular flexibility index (Phi) is 4.26. The number of fused-ring (bicyclic) bond motifs is 3. The fourth-order valence-corrected chi connectivity index (χ4v) is 3.59. The summed E-state index contributed by atoms with van der Waals surface area (Å²) in [6.07, 6.45) is 0.965. The molecule has 8 heteroatoms. The Labute approximate surface area is 152 Å². The highest BCUT2D eigenvalue weighted by atomic mass is 32.1. The van der Waals surface area contributed by atoms with Crippen LogP contribution in [0.1, 0.15) is 17.8 Å². The molecule has 0 atom stereocenters. The zero-order chi connectivity index (χ0) is 18.1. The van der Waals surface area contributed by atoms with Crippen LogP contribution in [0.3, 0.4) is 0 Å². The van der Waals surface area contributed by atoms with Gasteiger partial charge in [0.25, 0.3) is 5.56 Å². The number of benzene rings is 1. The van der Waals surface area contributed by atoms with E-state index in [1.165, 1.54) is 4.57 Å². The van der Waals surface area contributed by atoms with Crippen LogP contribution in [0.5, 0.6) is 0 Å². The van der Waals surface area contributed by atoms with E-state index in [2.05, 4.69) is 10.2 Å². The lowest BCUT2D eigenvalue weighted by Gasteiger charge is -2.08. The fraction of sp³-hybridized carbons (Fsp3) is 0.222. The minimum Gasteiger partial charge on any atom is -0.457 e. The molecule has 4 rings (SSSR count). The number of esters is 1. The average molecular weight is 368 g/mol. The summed E-state index contributed by atoms with van der Waals surface area (Å²) in [6.45, 7) is 0.00579. The molecule has 0 saturated heterocycles. The van der Waals surface area contributed by atoms with Crippen molar-refractivity contribution in [3.63, 3.8) is 0 Å². The van der Waals surface area contributed by atoms with Gasteiger partial charge in [-0.2, -0.15) is 11.3 Å². The van der Waals surface area contributed by atoms with Crippen molar-refractivity contribution in [3.8, 4) is 0 Å². The molecule has 0 aliphatic heterocycles. The maximum absolute atomic E-state index is 12.4. The van der Waals surface area contributed by atoms with Gasteiger partial charge in [0.05, 0.1) is 10.9 Å². The Morgan fingerprint density at radius 3 is 2.88 bits per heavy atom. The quantitative estimate of drug-likeness (QED) is 0.505. The van der Waals surface area contributed by atoms with Gasteiger partial charge in [0, 0.05) is 13.5 Å². The van der Waals surface area contributed by atoms with Crippen LogP contribution >= 0.6 is 11.3 Å². The van der Waals surface area contributed by atoms with E-state index in [1.807, 2.05) is 35.0 Å². The number of hydrogen-bond acceptors (Lipinski definition) is 6. The van der Waals surface area contributed by atoms with Crippen LogP contribution in [-0.4, -0.2) is 25.1 Å². The highest BCUT2D eigenvalue weighted by Crippen LogP contribution is 2.15. The lowest BCUT2D eigenvalue weighted by molar-refractivity contribution is -0.145. The molecular weight excluding hydrogens is 352 g/mol. The zero-order valence-corrected chi connectivity index (χ0v) is 14.9. The molecule has 0 unspecified atom stereocenters. The van der Waals surface area contributed by atoms with Crippen molar-refractivity contribution in [2.45, 2.75) is 19.4 Å². The molecule has 0 N–H and O–H groups in total. The summed E-state index contributed by atoms with van der Waals surface area (Å²) in [5, 5.41) is 12.8. The molecule has 0 amide bonds. The van der Waals surface area contributed by atoms with Crippen molar-refractivity contribution in [1.82, 2.24) is 19.2 Å². The Balaban J connectivity index is 1.59. The Bertz CT molecular complexity index is 1140. The molecule has 1 aromatic carbocycles. The number of aromatic nitrogens is 4. The summed E-state index contributed by atoms with van der Waals surface area (Å²) < 4.78 is 8.56. The van der Waals surface area contributed by atoms with Crippen LogP contribution in [0.15, 0.2) is 45.9 Å². The van der Waals surface area contributed by atoms with E-state index in [4.69, 9.17) is 4.74 Å². The monoisotopic (exact) mass is 368 g/mol. The zero-order valence-electron chi connectivity index (χ0n) is 14.1. The number of aryl methyl sites for hydroxylation is 2. The standard InChI is InChI=1S/C18H16N4O3S/c1-21-17(24)13-4-2-3-5-14(13)22-15(19-20-18(21)22)10-25-16(23)7-6-12-8-9-26-11-12/h2-5,8-9,11H,6-7,10H2,1H3. The van der Waals surface area contributed by atoms with Crippen molar-refractivity contribution < 1.29 is 9.53 Å². The summed E-state index contributed by atoms with van der Waals surface area (Å²) in [6, 6.07) is 9.24. The molecule has 132 valence electrons. The third-order valence-corrected chi connectivity index (χ3v) is 4.99. The molecule has 26 heavy (non-hydrogen) atoms. The minimum absolute atomic E-state index is 0.00579. The van der Waals surface area contributed by atoms with Crippen LogP contribution in [-0.2, 0) is 29.6 Å². The molecule has 0 bridgehead atoms. The Morgan fingerprint density at radius 1 is 1.23 bits per heavy atom. The average Bonchev–Trinajstić information content (AvgIpc) is 3.32. The van der Waals surface area contributed by atoms with E-state index in [0.29, 0.717) is 35.3 Å². The molecule has 0 saturated carbocycles. The van der Waals surface area contributed by atoms with Gasteiger partial charge < -0.3 is 4.74 Å². The van der Waals surface area contributed by atoms with Crippen molar-refractivity contribution in [1.29, 1.82) is 0 Å². The highest BCUT2D eigenvalue weighted by Gasteiger charge is 2.15. The van der Waals surface area contributed by atoms with Crippen molar-refractivity contribution in [2.24, 2.45) is 7.05 Å². The van der Waals surface area contributed by atoms with E-state index in [-0.39, 0.29) is 18.1 Å². The maximum atomic E-state index is 12.4. The second kappa shape index (κ2) is 6.72.